The van der Waals surface area contributed by atoms with E-state index < -0.39 is 0 Å². The number of carbonyl (C=O) groups is 2. The number of hydrogen-bond acceptors (Lipinski definition) is 3. The predicted octanol–water partition coefficient (Wildman–Crippen LogP) is 5.72. The van der Waals surface area contributed by atoms with Gasteiger partial charge in [0, 0.05) is 12.8 Å². The standard InChI is InChI=1S/C25H38O3/c1-16(5-10-23(27)28-4)20-8-9-21-19-7-6-17-15-18(26)11-13-24(17,2)22(19)12-14-25(20,21)3/h15-16,19-22H,5-14H2,1-4H3/t16-,19-,20-,21+,22+,24-,25+/m0/s1. The Morgan fingerprint density at radius 3 is 2.68 bits per heavy atom. The zero-order valence-electron chi connectivity index (χ0n) is 18.3. The second kappa shape index (κ2) is 7.29. The molecule has 3 nitrogen and oxygen atoms in total. The van der Waals surface area contributed by atoms with Crippen LogP contribution in [0, 0.1) is 40.4 Å². The molecule has 0 aromatic rings. The minimum Gasteiger partial charge on any atom is -0.469 e. The van der Waals surface area contributed by atoms with Crippen molar-refractivity contribution in [2.24, 2.45) is 40.4 Å². The first kappa shape index (κ1) is 20.2. The van der Waals surface area contributed by atoms with Crippen LogP contribution in [-0.4, -0.2) is 18.9 Å². The Balaban J connectivity index is 1.51. The lowest BCUT2D eigenvalue weighted by Gasteiger charge is -2.58. The van der Waals surface area contributed by atoms with Gasteiger partial charge in [-0.1, -0.05) is 26.3 Å². The van der Waals surface area contributed by atoms with Crippen LogP contribution in [0.3, 0.4) is 0 Å². The minimum absolute atomic E-state index is 0.0679. The highest BCUT2D eigenvalue weighted by Gasteiger charge is 2.59. The second-order valence-electron chi connectivity index (χ2n) is 10.8. The van der Waals surface area contributed by atoms with Crippen LogP contribution in [0.25, 0.3) is 0 Å². The van der Waals surface area contributed by atoms with Gasteiger partial charge in [0.05, 0.1) is 7.11 Å². The molecule has 0 aromatic heterocycles. The van der Waals surface area contributed by atoms with Crippen molar-refractivity contribution < 1.29 is 14.3 Å². The summed E-state index contributed by atoms with van der Waals surface area (Å²) >= 11 is 0. The van der Waals surface area contributed by atoms with Crippen LogP contribution in [0.4, 0.5) is 0 Å². The van der Waals surface area contributed by atoms with Crippen LogP contribution in [0.15, 0.2) is 11.6 Å². The van der Waals surface area contributed by atoms with Crippen molar-refractivity contribution >= 4 is 11.8 Å². The van der Waals surface area contributed by atoms with E-state index in [1.807, 2.05) is 6.08 Å². The second-order valence-corrected chi connectivity index (χ2v) is 10.8. The molecule has 4 rings (SSSR count). The molecular formula is C25H38O3. The number of fused-ring (bicyclic) bond motifs is 5. The number of methoxy groups -OCH3 is 1. The third-order valence-corrected chi connectivity index (χ3v) is 9.75. The number of ether oxygens (including phenoxy) is 1. The van der Waals surface area contributed by atoms with Crippen LogP contribution < -0.4 is 0 Å². The smallest absolute Gasteiger partial charge is 0.305 e. The normalized spacial score (nSPS) is 43.4. The van der Waals surface area contributed by atoms with E-state index in [1.54, 1.807) is 0 Å². The molecule has 3 saturated carbocycles. The number of rotatable bonds is 4. The summed E-state index contributed by atoms with van der Waals surface area (Å²) in [5, 5.41) is 0. The molecular weight excluding hydrogens is 348 g/mol. The lowest BCUT2D eigenvalue weighted by atomic mass is 9.46. The van der Waals surface area contributed by atoms with E-state index in [9.17, 15) is 9.59 Å². The van der Waals surface area contributed by atoms with Gasteiger partial charge in [-0.15, -0.1) is 0 Å². The Labute approximate surface area is 170 Å². The minimum atomic E-state index is -0.0679. The Bertz CT molecular complexity index is 679. The molecule has 3 fully saturated rings. The highest BCUT2D eigenvalue weighted by Crippen LogP contribution is 2.67. The maximum atomic E-state index is 12.0. The first-order chi connectivity index (χ1) is 13.3. The van der Waals surface area contributed by atoms with Crippen molar-refractivity contribution in [1.29, 1.82) is 0 Å². The summed E-state index contributed by atoms with van der Waals surface area (Å²) in [5.74, 6) is 4.03. The van der Waals surface area contributed by atoms with Gasteiger partial charge < -0.3 is 4.74 Å². The number of hydrogen-bond donors (Lipinski definition) is 0. The summed E-state index contributed by atoms with van der Waals surface area (Å²) < 4.78 is 4.87. The van der Waals surface area contributed by atoms with Crippen molar-refractivity contribution in [2.75, 3.05) is 7.11 Å². The molecule has 0 unspecified atom stereocenters. The fourth-order valence-corrected chi connectivity index (χ4v) is 8.18. The molecule has 28 heavy (non-hydrogen) atoms. The summed E-state index contributed by atoms with van der Waals surface area (Å²) in [4.78, 5) is 23.6. The van der Waals surface area contributed by atoms with E-state index in [0.29, 0.717) is 23.5 Å². The zero-order chi connectivity index (χ0) is 20.1. The topological polar surface area (TPSA) is 43.4 Å². The number of allylic oxidation sites excluding steroid dienone is 1. The monoisotopic (exact) mass is 386 g/mol. The lowest BCUT2D eigenvalue weighted by Crippen LogP contribution is -2.51. The third-order valence-electron chi connectivity index (χ3n) is 9.75. The van der Waals surface area contributed by atoms with Crippen LogP contribution >= 0.6 is 0 Å². The predicted molar refractivity (Wildman–Crippen MR) is 111 cm³/mol. The number of esters is 1. The molecule has 0 heterocycles. The number of carbonyl (C=O) groups excluding carboxylic acids is 2. The van der Waals surface area contributed by atoms with Crippen molar-refractivity contribution in [3.8, 4) is 0 Å². The van der Waals surface area contributed by atoms with Crippen LogP contribution in [-0.2, 0) is 14.3 Å². The van der Waals surface area contributed by atoms with Gasteiger partial charge in [0.2, 0.25) is 0 Å². The molecule has 0 amide bonds. The SMILES string of the molecule is COC(=O)CC[C@H](C)[C@@H]1CC[C@@H]2[C@@H]3CCC4=CC(=O)CC[C@]4(C)[C@@H]3CC[C@@]21C. The summed E-state index contributed by atoms with van der Waals surface area (Å²) in [7, 11) is 1.49. The third kappa shape index (κ3) is 3.08. The largest absolute Gasteiger partial charge is 0.469 e. The van der Waals surface area contributed by atoms with E-state index in [1.165, 1.54) is 44.8 Å². The Kier molecular flexibility index (Phi) is 5.25. The van der Waals surface area contributed by atoms with Gasteiger partial charge in [0.25, 0.3) is 0 Å². The van der Waals surface area contributed by atoms with Crippen LogP contribution in [0.2, 0.25) is 0 Å². The van der Waals surface area contributed by atoms with E-state index in [0.717, 1.165) is 49.4 Å². The van der Waals surface area contributed by atoms with Crippen molar-refractivity contribution in [3.05, 3.63) is 11.6 Å². The van der Waals surface area contributed by atoms with Crippen molar-refractivity contribution in [2.45, 2.75) is 85.0 Å². The lowest BCUT2D eigenvalue weighted by molar-refractivity contribution is -0.141. The highest BCUT2D eigenvalue weighted by molar-refractivity contribution is 5.91. The summed E-state index contributed by atoms with van der Waals surface area (Å²) in [5.41, 5.74) is 2.17. The molecule has 0 spiro atoms. The van der Waals surface area contributed by atoms with Gasteiger partial charge in [-0.3, -0.25) is 9.59 Å². The molecule has 7 atom stereocenters. The van der Waals surface area contributed by atoms with Crippen LogP contribution in [0.1, 0.15) is 85.0 Å². The average molecular weight is 387 g/mol. The summed E-state index contributed by atoms with van der Waals surface area (Å²) in [6, 6.07) is 0. The Hall–Kier alpha value is -1.12. The molecule has 0 aromatic carbocycles. The molecule has 4 aliphatic carbocycles. The van der Waals surface area contributed by atoms with Crippen molar-refractivity contribution in [1.82, 2.24) is 0 Å². The van der Waals surface area contributed by atoms with Crippen LogP contribution in [0.5, 0.6) is 0 Å². The molecule has 4 aliphatic rings. The van der Waals surface area contributed by atoms with Gasteiger partial charge in [0.1, 0.15) is 0 Å². The first-order valence-electron chi connectivity index (χ1n) is 11.6. The molecule has 156 valence electrons. The average Bonchev–Trinajstić information content (AvgIpc) is 3.03. The zero-order valence-corrected chi connectivity index (χ0v) is 18.3. The van der Waals surface area contributed by atoms with Gasteiger partial charge in [-0.05, 0) is 97.9 Å². The fraction of sp³-hybridized carbons (Fsp3) is 0.840. The van der Waals surface area contributed by atoms with Gasteiger partial charge in [-0.25, -0.2) is 0 Å². The van der Waals surface area contributed by atoms with Crippen molar-refractivity contribution in [3.63, 3.8) is 0 Å². The summed E-state index contributed by atoms with van der Waals surface area (Å²) in [6.07, 6.45) is 13.1. The quantitative estimate of drug-likeness (QED) is 0.580. The molecule has 0 radical (unpaired) electrons. The van der Waals surface area contributed by atoms with E-state index in [4.69, 9.17) is 4.74 Å². The fourth-order valence-electron chi connectivity index (χ4n) is 8.18. The molecule has 0 saturated heterocycles. The molecule has 3 heteroatoms. The van der Waals surface area contributed by atoms with Gasteiger partial charge >= 0.3 is 5.97 Å². The highest BCUT2D eigenvalue weighted by atomic mass is 16.5. The molecule has 0 N–H and O–H groups in total. The maximum absolute atomic E-state index is 12.0. The van der Waals surface area contributed by atoms with Gasteiger partial charge in [-0.2, -0.15) is 0 Å². The first-order valence-corrected chi connectivity index (χ1v) is 11.6. The maximum Gasteiger partial charge on any atom is 0.305 e. The Morgan fingerprint density at radius 2 is 1.93 bits per heavy atom. The molecule has 0 bridgehead atoms. The van der Waals surface area contributed by atoms with E-state index >= 15 is 0 Å². The molecule has 0 aliphatic heterocycles. The summed E-state index contributed by atoms with van der Waals surface area (Å²) in [6.45, 7) is 7.40. The van der Waals surface area contributed by atoms with Gasteiger partial charge in [0.15, 0.2) is 5.78 Å². The Morgan fingerprint density at radius 1 is 1.14 bits per heavy atom. The van der Waals surface area contributed by atoms with E-state index in [2.05, 4.69) is 20.8 Å². The van der Waals surface area contributed by atoms with E-state index in [-0.39, 0.29) is 11.4 Å². The number of ketones is 1.